The lowest BCUT2D eigenvalue weighted by atomic mass is 9.99. The largest absolute Gasteiger partial charge is 0.493 e. The lowest BCUT2D eigenvalue weighted by molar-refractivity contribution is -0.138. The summed E-state index contributed by atoms with van der Waals surface area (Å²) < 4.78 is 24.4. The molecule has 0 saturated carbocycles. The van der Waals surface area contributed by atoms with Gasteiger partial charge < -0.3 is 23.5 Å². The van der Waals surface area contributed by atoms with Crippen molar-refractivity contribution in [3.63, 3.8) is 0 Å². The summed E-state index contributed by atoms with van der Waals surface area (Å²) in [5, 5.41) is 0.970. The molecule has 0 spiro atoms. The zero-order valence-corrected chi connectivity index (χ0v) is 20.4. The Hall–Kier alpha value is -3.25. The van der Waals surface area contributed by atoms with Gasteiger partial charge in [-0.05, 0) is 43.5 Å². The molecule has 6 heteroatoms. The van der Waals surface area contributed by atoms with Crippen LogP contribution < -0.4 is 9.47 Å². The zero-order chi connectivity index (χ0) is 24.0. The number of fused-ring (bicyclic) bond motifs is 1. The number of methoxy groups -OCH3 is 2. The molecule has 0 radical (unpaired) electrons. The van der Waals surface area contributed by atoms with Gasteiger partial charge in [0.2, 0.25) is 0 Å². The fourth-order valence-corrected chi connectivity index (χ4v) is 4.24. The van der Waals surface area contributed by atoms with Crippen LogP contribution >= 0.6 is 0 Å². The fraction of sp³-hybridized carbons (Fsp3) is 0.370. The Morgan fingerprint density at radius 1 is 1.12 bits per heavy atom. The summed E-state index contributed by atoms with van der Waals surface area (Å²) >= 11 is 0. The molecule has 1 heterocycles. The monoisotopic (exact) mass is 451 g/mol. The third kappa shape index (κ3) is 4.91. The van der Waals surface area contributed by atoms with E-state index >= 15 is 0 Å². The highest BCUT2D eigenvalue weighted by molar-refractivity contribution is 6.04. The quantitative estimate of drug-likeness (QED) is 0.223. The summed E-state index contributed by atoms with van der Waals surface area (Å²) in [5.41, 5.74) is 5.76. The predicted molar refractivity (Wildman–Crippen MR) is 132 cm³/mol. The number of hydrogen-bond donors (Lipinski definition) is 0. The number of carbonyl (C=O) groups excluding carboxylic acids is 1. The Morgan fingerprint density at radius 3 is 2.45 bits per heavy atom. The molecule has 33 heavy (non-hydrogen) atoms. The molecule has 0 saturated heterocycles. The van der Waals surface area contributed by atoms with Gasteiger partial charge in [0.15, 0.2) is 18.3 Å². The molecule has 1 aromatic heterocycles. The second-order valence-corrected chi connectivity index (χ2v) is 7.82. The van der Waals surface area contributed by atoms with Crippen molar-refractivity contribution in [2.75, 3.05) is 27.6 Å². The first-order chi connectivity index (χ1) is 16.0. The van der Waals surface area contributed by atoms with E-state index in [1.54, 1.807) is 28.1 Å². The number of hydrogen-bond acceptors (Lipinski definition) is 5. The number of aromatic nitrogens is 1. The van der Waals surface area contributed by atoms with Crippen molar-refractivity contribution < 1.29 is 23.7 Å². The van der Waals surface area contributed by atoms with Crippen LogP contribution in [0.5, 0.6) is 11.5 Å². The van der Waals surface area contributed by atoms with E-state index in [-0.39, 0.29) is 12.8 Å². The third-order valence-electron chi connectivity index (χ3n) is 5.56. The van der Waals surface area contributed by atoms with Crippen molar-refractivity contribution in [3.8, 4) is 22.8 Å². The molecule has 0 fully saturated rings. The van der Waals surface area contributed by atoms with Gasteiger partial charge in [-0.15, -0.1) is 0 Å². The van der Waals surface area contributed by atoms with Crippen molar-refractivity contribution in [1.82, 2.24) is 4.57 Å². The molecule has 3 aromatic rings. The van der Waals surface area contributed by atoms with Gasteiger partial charge in [0.1, 0.15) is 0 Å². The van der Waals surface area contributed by atoms with E-state index in [9.17, 15) is 4.79 Å². The summed E-state index contributed by atoms with van der Waals surface area (Å²) in [4.78, 5) is 12.4. The lowest BCUT2D eigenvalue weighted by Gasteiger charge is -2.15. The van der Waals surface area contributed by atoms with E-state index in [2.05, 4.69) is 23.6 Å². The lowest BCUT2D eigenvalue weighted by Crippen LogP contribution is -2.05. The SMILES string of the molecule is CCCc1c(-c2ccccc2)n(C)c2c(/C=C(\C)C(=O)OCC)cc(OC)c(OCOC)c12. The highest BCUT2D eigenvalue weighted by Crippen LogP contribution is 2.45. The molecule has 0 aliphatic rings. The average Bonchev–Trinajstić information content (AvgIpc) is 3.11. The van der Waals surface area contributed by atoms with Crippen molar-refractivity contribution in [2.45, 2.75) is 33.6 Å². The first-order valence-electron chi connectivity index (χ1n) is 11.2. The van der Waals surface area contributed by atoms with Gasteiger partial charge in [0, 0.05) is 25.3 Å². The van der Waals surface area contributed by atoms with E-state index in [0.29, 0.717) is 23.7 Å². The minimum atomic E-state index is -0.337. The summed E-state index contributed by atoms with van der Waals surface area (Å²) in [6.45, 7) is 6.16. The predicted octanol–water partition coefficient (Wildman–Crippen LogP) is 5.76. The molecule has 176 valence electrons. The Labute approximate surface area is 195 Å². The van der Waals surface area contributed by atoms with Crippen LogP contribution in [-0.2, 0) is 27.7 Å². The number of esters is 1. The maximum absolute atomic E-state index is 12.4. The second-order valence-electron chi connectivity index (χ2n) is 7.82. The maximum Gasteiger partial charge on any atom is 0.333 e. The van der Waals surface area contributed by atoms with Crippen molar-refractivity contribution >= 4 is 22.9 Å². The fourth-order valence-electron chi connectivity index (χ4n) is 4.24. The Morgan fingerprint density at radius 2 is 1.85 bits per heavy atom. The van der Waals surface area contributed by atoms with E-state index < -0.39 is 0 Å². The van der Waals surface area contributed by atoms with Crippen molar-refractivity contribution in [3.05, 3.63) is 53.1 Å². The normalized spacial score (nSPS) is 11.6. The highest BCUT2D eigenvalue weighted by Gasteiger charge is 2.25. The molecule has 2 aromatic carbocycles. The maximum atomic E-state index is 12.4. The average molecular weight is 452 g/mol. The van der Waals surface area contributed by atoms with Crippen LogP contribution in [0.25, 0.3) is 28.2 Å². The van der Waals surface area contributed by atoms with E-state index in [4.69, 9.17) is 18.9 Å². The van der Waals surface area contributed by atoms with Gasteiger partial charge in [-0.25, -0.2) is 4.79 Å². The topological polar surface area (TPSA) is 58.9 Å². The van der Waals surface area contributed by atoms with Gasteiger partial charge >= 0.3 is 5.97 Å². The molecule has 3 rings (SSSR count). The standard InChI is InChI=1S/C27H33NO5/c1-7-12-21-23-25(28(4)24(21)19-13-10-9-11-14-19)20(15-18(3)27(29)32-8-2)16-22(31-6)26(23)33-17-30-5/h9-11,13-16H,7-8,12,17H2,1-6H3/b18-15+. The molecule has 0 bridgehead atoms. The minimum absolute atomic E-state index is 0.101. The van der Waals surface area contributed by atoms with E-state index in [0.717, 1.165) is 40.6 Å². The zero-order valence-electron chi connectivity index (χ0n) is 20.4. The van der Waals surface area contributed by atoms with Gasteiger partial charge in [-0.1, -0.05) is 43.7 Å². The molecule has 0 aliphatic carbocycles. The smallest absolute Gasteiger partial charge is 0.333 e. The van der Waals surface area contributed by atoms with Crippen LogP contribution in [0.3, 0.4) is 0 Å². The van der Waals surface area contributed by atoms with Gasteiger partial charge in [0.25, 0.3) is 0 Å². The van der Waals surface area contributed by atoms with Crippen molar-refractivity contribution in [1.29, 1.82) is 0 Å². The number of ether oxygens (including phenoxy) is 4. The molecule has 0 amide bonds. The second kappa shape index (κ2) is 11.1. The van der Waals surface area contributed by atoms with Gasteiger partial charge in [-0.3, -0.25) is 0 Å². The summed E-state index contributed by atoms with van der Waals surface area (Å²) in [7, 11) is 5.26. The summed E-state index contributed by atoms with van der Waals surface area (Å²) in [6.07, 6.45) is 3.68. The van der Waals surface area contributed by atoms with E-state index in [1.165, 1.54) is 5.56 Å². The third-order valence-corrected chi connectivity index (χ3v) is 5.56. The first-order valence-corrected chi connectivity index (χ1v) is 11.2. The molecule has 0 atom stereocenters. The Balaban J connectivity index is 2.44. The molecule has 0 unspecified atom stereocenters. The number of carbonyl (C=O) groups is 1. The number of rotatable bonds is 10. The molecular formula is C27H33NO5. The summed E-state index contributed by atoms with van der Waals surface area (Å²) in [6, 6.07) is 12.2. The minimum Gasteiger partial charge on any atom is -0.493 e. The molecular weight excluding hydrogens is 418 g/mol. The van der Waals surface area contributed by atoms with Crippen LogP contribution in [-0.4, -0.2) is 38.2 Å². The highest BCUT2D eigenvalue weighted by atomic mass is 16.7. The summed E-state index contributed by atoms with van der Waals surface area (Å²) in [5.74, 6) is 0.891. The molecule has 6 nitrogen and oxygen atoms in total. The Bertz CT molecular complexity index is 1140. The van der Waals surface area contributed by atoms with Crippen LogP contribution in [0.4, 0.5) is 0 Å². The van der Waals surface area contributed by atoms with E-state index in [1.807, 2.05) is 37.4 Å². The van der Waals surface area contributed by atoms with Crippen LogP contribution in [0, 0.1) is 0 Å². The molecule has 0 aliphatic heterocycles. The van der Waals surface area contributed by atoms with Gasteiger partial charge in [-0.2, -0.15) is 0 Å². The van der Waals surface area contributed by atoms with Crippen molar-refractivity contribution in [2.24, 2.45) is 7.05 Å². The Kier molecular flexibility index (Phi) is 8.17. The van der Waals surface area contributed by atoms with Gasteiger partial charge in [0.05, 0.1) is 30.3 Å². The first kappa shape index (κ1) is 24.4. The van der Waals surface area contributed by atoms with Crippen LogP contribution in [0.2, 0.25) is 0 Å². The number of aryl methyl sites for hydroxylation is 2. The number of nitrogens with zero attached hydrogens (tertiary/aromatic N) is 1. The van der Waals surface area contributed by atoms with Crippen LogP contribution in [0.1, 0.15) is 38.3 Å². The number of benzene rings is 2. The van der Waals surface area contributed by atoms with Crippen LogP contribution in [0.15, 0.2) is 42.0 Å². The molecule has 0 N–H and O–H groups in total.